The van der Waals surface area contributed by atoms with Crippen LogP contribution in [0.15, 0.2) is 18.2 Å². The van der Waals surface area contributed by atoms with E-state index in [1.807, 2.05) is 0 Å². The monoisotopic (exact) mass is 252 g/mol. The van der Waals surface area contributed by atoms with Gasteiger partial charge in [0.15, 0.2) is 0 Å². The number of carboxylic acids is 1. The second-order valence-electron chi connectivity index (χ2n) is 3.75. The highest BCUT2D eigenvalue weighted by atomic mass is 16.5. The van der Waals surface area contributed by atoms with Crippen molar-refractivity contribution in [2.24, 2.45) is 5.73 Å². The van der Waals surface area contributed by atoms with Gasteiger partial charge < -0.3 is 20.9 Å². The lowest BCUT2D eigenvalue weighted by molar-refractivity contribution is -0.125. The van der Waals surface area contributed by atoms with Gasteiger partial charge in [0.25, 0.3) is 5.91 Å². The lowest BCUT2D eigenvalue weighted by Crippen LogP contribution is -2.36. The van der Waals surface area contributed by atoms with Crippen molar-refractivity contribution in [3.63, 3.8) is 0 Å². The highest BCUT2D eigenvalue weighted by Gasteiger charge is 2.19. The summed E-state index contributed by atoms with van der Waals surface area (Å²) in [6, 6.07) is 4.86. The van der Waals surface area contributed by atoms with E-state index in [-0.39, 0.29) is 17.8 Å². The number of anilines is 1. The minimum Gasteiger partial charge on any atom is -0.478 e. The van der Waals surface area contributed by atoms with Crippen LogP contribution in [0.3, 0.4) is 0 Å². The van der Waals surface area contributed by atoms with Crippen LogP contribution in [-0.2, 0) is 9.53 Å². The molecule has 0 heterocycles. The van der Waals surface area contributed by atoms with E-state index in [2.05, 4.69) is 5.32 Å². The van der Waals surface area contributed by atoms with Crippen molar-refractivity contribution in [3.8, 4) is 0 Å². The van der Waals surface area contributed by atoms with Gasteiger partial charge in [0, 0.05) is 13.7 Å². The third-order valence-corrected chi connectivity index (χ3v) is 2.54. The first-order valence-electron chi connectivity index (χ1n) is 5.37. The van der Waals surface area contributed by atoms with Crippen LogP contribution in [0.5, 0.6) is 0 Å². The molecule has 4 N–H and O–H groups in total. The molecule has 1 amide bonds. The summed E-state index contributed by atoms with van der Waals surface area (Å²) in [5, 5.41) is 11.6. The van der Waals surface area contributed by atoms with Crippen molar-refractivity contribution in [2.75, 3.05) is 19.0 Å². The molecule has 0 aliphatic heterocycles. The first-order chi connectivity index (χ1) is 8.51. The molecule has 0 fully saturated rings. The average Bonchev–Trinajstić information content (AvgIpc) is 2.30. The van der Waals surface area contributed by atoms with Gasteiger partial charge in [0.05, 0.1) is 11.3 Å². The summed E-state index contributed by atoms with van der Waals surface area (Å²) >= 11 is 0. The molecule has 6 nitrogen and oxygen atoms in total. The van der Waals surface area contributed by atoms with Crippen LogP contribution in [0.4, 0.5) is 5.69 Å². The number of aryl methyl sites for hydroxylation is 1. The summed E-state index contributed by atoms with van der Waals surface area (Å²) in [5.41, 5.74) is 6.24. The number of benzene rings is 1. The maximum absolute atomic E-state index is 11.8. The van der Waals surface area contributed by atoms with Gasteiger partial charge in [-0.15, -0.1) is 0 Å². The van der Waals surface area contributed by atoms with Crippen LogP contribution < -0.4 is 11.1 Å². The summed E-state index contributed by atoms with van der Waals surface area (Å²) in [5.74, 6) is -1.56. The molecule has 0 aromatic heterocycles. The van der Waals surface area contributed by atoms with Crippen molar-refractivity contribution in [1.82, 2.24) is 0 Å². The molecule has 0 saturated carbocycles. The lowest BCUT2D eigenvalue weighted by atomic mass is 10.1. The standard InChI is InChI=1S/C12H16N2O4/c1-7-4-3-5-8(10(7)12(16)17)14-11(15)9(6-13)18-2/h3-5,9H,6,13H2,1-2H3,(H,14,15)(H,16,17). The molecule has 98 valence electrons. The van der Waals surface area contributed by atoms with Gasteiger partial charge >= 0.3 is 5.97 Å². The maximum Gasteiger partial charge on any atom is 0.338 e. The number of ether oxygens (including phenoxy) is 1. The summed E-state index contributed by atoms with van der Waals surface area (Å²) < 4.78 is 4.88. The Bertz CT molecular complexity index is 455. The largest absolute Gasteiger partial charge is 0.478 e. The zero-order valence-corrected chi connectivity index (χ0v) is 10.3. The Kier molecular flexibility index (Phi) is 4.82. The number of hydrogen-bond acceptors (Lipinski definition) is 4. The molecule has 0 bridgehead atoms. The summed E-state index contributed by atoms with van der Waals surface area (Å²) in [7, 11) is 1.37. The van der Waals surface area contributed by atoms with Crippen LogP contribution in [0.2, 0.25) is 0 Å². The fraction of sp³-hybridized carbons (Fsp3) is 0.333. The van der Waals surface area contributed by atoms with E-state index in [0.717, 1.165) is 0 Å². The fourth-order valence-electron chi connectivity index (χ4n) is 1.58. The first kappa shape index (κ1) is 14.1. The normalized spacial score (nSPS) is 11.9. The van der Waals surface area contributed by atoms with E-state index < -0.39 is 18.0 Å². The van der Waals surface area contributed by atoms with Crippen molar-refractivity contribution in [1.29, 1.82) is 0 Å². The van der Waals surface area contributed by atoms with E-state index in [4.69, 9.17) is 15.6 Å². The van der Waals surface area contributed by atoms with E-state index >= 15 is 0 Å². The molecule has 18 heavy (non-hydrogen) atoms. The molecule has 0 saturated heterocycles. The molecule has 0 spiro atoms. The number of aromatic carboxylic acids is 1. The number of hydrogen-bond donors (Lipinski definition) is 3. The number of nitrogens with two attached hydrogens (primary N) is 1. The zero-order valence-electron chi connectivity index (χ0n) is 10.3. The molecule has 0 aliphatic carbocycles. The van der Waals surface area contributed by atoms with Crippen molar-refractivity contribution < 1.29 is 19.4 Å². The second kappa shape index (κ2) is 6.13. The topological polar surface area (TPSA) is 102 Å². The van der Waals surface area contributed by atoms with Crippen LogP contribution in [0.1, 0.15) is 15.9 Å². The first-order valence-corrected chi connectivity index (χ1v) is 5.37. The van der Waals surface area contributed by atoms with Gasteiger partial charge in [-0.05, 0) is 18.6 Å². The number of carbonyl (C=O) groups excluding carboxylic acids is 1. The Balaban J connectivity index is 3.01. The highest BCUT2D eigenvalue weighted by Crippen LogP contribution is 2.19. The van der Waals surface area contributed by atoms with E-state index in [1.54, 1.807) is 19.1 Å². The molecule has 6 heteroatoms. The number of methoxy groups -OCH3 is 1. The van der Waals surface area contributed by atoms with Crippen molar-refractivity contribution in [2.45, 2.75) is 13.0 Å². The smallest absolute Gasteiger partial charge is 0.338 e. The Labute approximate surface area is 105 Å². The van der Waals surface area contributed by atoms with Gasteiger partial charge in [-0.1, -0.05) is 12.1 Å². The SMILES string of the molecule is COC(CN)C(=O)Nc1cccc(C)c1C(=O)O. The Morgan fingerprint density at radius 2 is 2.17 bits per heavy atom. The Morgan fingerprint density at radius 3 is 2.67 bits per heavy atom. The van der Waals surface area contributed by atoms with Crippen molar-refractivity contribution in [3.05, 3.63) is 29.3 Å². The molecule has 1 rings (SSSR count). The number of carboxylic acid groups (broad SMARTS) is 1. The highest BCUT2D eigenvalue weighted by molar-refractivity contribution is 6.02. The molecule has 0 aliphatic rings. The zero-order chi connectivity index (χ0) is 13.7. The van der Waals surface area contributed by atoms with Crippen LogP contribution in [0, 0.1) is 6.92 Å². The van der Waals surface area contributed by atoms with E-state index in [1.165, 1.54) is 13.2 Å². The average molecular weight is 252 g/mol. The fourth-order valence-corrected chi connectivity index (χ4v) is 1.58. The van der Waals surface area contributed by atoms with Gasteiger partial charge in [-0.25, -0.2) is 4.79 Å². The third kappa shape index (κ3) is 3.06. The molecule has 1 aromatic carbocycles. The minimum atomic E-state index is -1.09. The van der Waals surface area contributed by atoms with E-state index in [9.17, 15) is 9.59 Å². The van der Waals surface area contributed by atoms with Crippen LogP contribution in [-0.4, -0.2) is 36.7 Å². The summed E-state index contributed by atoms with van der Waals surface area (Å²) in [4.78, 5) is 22.9. The van der Waals surface area contributed by atoms with E-state index in [0.29, 0.717) is 5.56 Å². The van der Waals surface area contributed by atoms with Crippen LogP contribution >= 0.6 is 0 Å². The molecule has 1 atom stereocenters. The number of carbonyl (C=O) groups is 2. The number of rotatable bonds is 5. The maximum atomic E-state index is 11.8. The third-order valence-electron chi connectivity index (χ3n) is 2.54. The minimum absolute atomic E-state index is 0.0244. The quantitative estimate of drug-likeness (QED) is 0.712. The van der Waals surface area contributed by atoms with Gasteiger partial charge in [0.2, 0.25) is 0 Å². The Morgan fingerprint density at radius 1 is 1.50 bits per heavy atom. The van der Waals surface area contributed by atoms with Gasteiger partial charge in [-0.3, -0.25) is 4.79 Å². The number of amides is 1. The lowest BCUT2D eigenvalue weighted by Gasteiger charge is -2.15. The number of nitrogens with one attached hydrogen (secondary N) is 1. The van der Waals surface area contributed by atoms with Gasteiger partial charge in [0.1, 0.15) is 6.10 Å². The Hall–Kier alpha value is -1.92. The predicted octanol–water partition coefficient (Wildman–Crippen LogP) is 0.605. The summed E-state index contributed by atoms with van der Waals surface area (Å²) in [6.07, 6.45) is -0.799. The molecule has 0 radical (unpaired) electrons. The summed E-state index contributed by atoms with van der Waals surface area (Å²) in [6.45, 7) is 1.69. The molecule has 1 aromatic rings. The molecular weight excluding hydrogens is 236 g/mol. The second-order valence-corrected chi connectivity index (χ2v) is 3.75. The van der Waals surface area contributed by atoms with Crippen LogP contribution in [0.25, 0.3) is 0 Å². The predicted molar refractivity (Wildman–Crippen MR) is 66.6 cm³/mol. The van der Waals surface area contributed by atoms with Crippen molar-refractivity contribution >= 4 is 17.6 Å². The molecular formula is C12H16N2O4. The van der Waals surface area contributed by atoms with Gasteiger partial charge in [-0.2, -0.15) is 0 Å². The molecule has 1 unspecified atom stereocenters.